The van der Waals surface area contributed by atoms with Gasteiger partial charge in [0.05, 0.1) is 7.11 Å². The third-order valence-electron chi connectivity index (χ3n) is 4.16. The first-order valence-electron chi connectivity index (χ1n) is 7.77. The van der Waals surface area contributed by atoms with Crippen LogP contribution < -0.4 is 15.4 Å². The van der Waals surface area contributed by atoms with Crippen LogP contribution in [0.3, 0.4) is 0 Å². The van der Waals surface area contributed by atoms with Crippen molar-refractivity contribution in [2.45, 2.75) is 32.7 Å². The Bertz CT molecular complexity index is 456. The summed E-state index contributed by atoms with van der Waals surface area (Å²) in [6.07, 6.45) is 1.88. The van der Waals surface area contributed by atoms with Crippen LogP contribution >= 0.6 is 0 Å². The largest absolute Gasteiger partial charge is 0.497 e. The van der Waals surface area contributed by atoms with Crippen molar-refractivity contribution in [1.82, 2.24) is 10.6 Å². The summed E-state index contributed by atoms with van der Waals surface area (Å²) in [5, 5.41) is 6.49. The van der Waals surface area contributed by atoms with E-state index in [4.69, 9.17) is 4.74 Å². The second-order valence-electron chi connectivity index (χ2n) is 6.01. The maximum Gasteiger partial charge on any atom is 0.223 e. The lowest BCUT2D eigenvalue weighted by Gasteiger charge is -2.24. The first-order valence-corrected chi connectivity index (χ1v) is 7.77. The van der Waals surface area contributed by atoms with E-state index >= 15 is 0 Å². The summed E-state index contributed by atoms with van der Waals surface area (Å²) in [6.45, 7) is 6.12. The molecule has 1 fully saturated rings. The molecule has 1 saturated heterocycles. The second kappa shape index (κ2) is 7.46. The number of carbonyl (C=O) groups is 1. The molecule has 0 aromatic heterocycles. The Morgan fingerprint density at radius 2 is 2.05 bits per heavy atom. The molecule has 1 aromatic rings. The summed E-state index contributed by atoms with van der Waals surface area (Å²) in [7, 11) is 1.68. The van der Waals surface area contributed by atoms with Gasteiger partial charge in [-0.25, -0.2) is 0 Å². The molecule has 2 atom stereocenters. The maximum absolute atomic E-state index is 11.6. The Hall–Kier alpha value is -1.55. The molecule has 0 aliphatic carbocycles. The van der Waals surface area contributed by atoms with E-state index in [9.17, 15) is 4.79 Å². The minimum Gasteiger partial charge on any atom is -0.497 e. The molecule has 2 rings (SSSR count). The van der Waals surface area contributed by atoms with E-state index in [1.807, 2.05) is 12.1 Å². The molecule has 4 heteroatoms. The van der Waals surface area contributed by atoms with Gasteiger partial charge < -0.3 is 15.4 Å². The summed E-state index contributed by atoms with van der Waals surface area (Å²) in [5.74, 6) is 1.77. The van der Waals surface area contributed by atoms with Crippen LogP contribution in [-0.2, 0) is 4.79 Å². The molecular formula is C17H26N2O2. The van der Waals surface area contributed by atoms with E-state index in [2.05, 4.69) is 36.6 Å². The van der Waals surface area contributed by atoms with E-state index in [1.54, 1.807) is 7.11 Å². The maximum atomic E-state index is 11.6. The third-order valence-corrected chi connectivity index (χ3v) is 4.16. The highest BCUT2D eigenvalue weighted by Crippen LogP contribution is 2.24. The van der Waals surface area contributed by atoms with E-state index < -0.39 is 0 Å². The average molecular weight is 290 g/mol. The Morgan fingerprint density at radius 1 is 1.33 bits per heavy atom. The molecule has 116 valence electrons. The van der Waals surface area contributed by atoms with Crippen molar-refractivity contribution < 1.29 is 9.53 Å². The van der Waals surface area contributed by atoms with Crippen molar-refractivity contribution in [2.24, 2.45) is 11.8 Å². The first-order chi connectivity index (χ1) is 10.1. The molecule has 4 nitrogen and oxygen atoms in total. The van der Waals surface area contributed by atoms with Gasteiger partial charge >= 0.3 is 0 Å². The van der Waals surface area contributed by atoms with Crippen LogP contribution in [0.1, 0.15) is 38.3 Å². The molecule has 0 saturated carbocycles. The number of carbonyl (C=O) groups excluding carboxylic acids is 1. The normalized spacial score (nSPS) is 19.6. The zero-order chi connectivity index (χ0) is 15.2. The van der Waals surface area contributed by atoms with E-state index in [0.717, 1.165) is 31.7 Å². The fourth-order valence-corrected chi connectivity index (χ4v) is 2.88. The number of hydrogen-bond donors (Lipinski definition) is 2. The SMILES string of the molecule is COc1ccc(C(NCCC2CCNC2=O)C(C)C)cc1. The second-order valence-corrected chi connectivity index (χ2v) is 6.01. The molecule has 0 bridgehead atoms. The lowest BCUT2D eigenvalue weighted by atomic mass is 9.95. The molecule has 0 spiro atoms. The minimum atomic E-state index is 0.182. The van der Waals surface area contributed by atoms with Crippen LogP contribution in [0.25, 0.3) is 0 Å². The Kier molecular flexibility index (Phi) is 5.62. The molecule has 1 amide bonds. The number of methoxy groups -OCH3 is 1. The summed E-state index contributed by atoms with van der Waals surface area (Å²) in [4.78, 5) is 11.6. The van der Waals surface area contributed by atoms with Crippen LogP contribution in [0, 0.1) is 11.8 Å². The standard InChI is InChI=1S/C17H26N2O2/c1-12(2)16(13-4-6-15(21-3)7-5-13)18-10-8-14-9-11-19-17(14)20/h4-7,12,14,16,18H,8-11H2,1-3H3,(H,19,20). The van der Waals surface area contributed by atoms with Gasteiger partial charge in [0.25, 0.3) is 0 Å². The summed E-state index contributed by atoms with van der Waals surface area (Å²) >= 11 is 0. The van der Waals surface area contributed by atoms with Crippen LogP contribution in [-0.4, -0.2) is 26.1 Å². The number of nitrogens with one attached hydrogen (secondary N) is 2. The van der Waals surface area contributed by atoms with Crippen molar-refractivity contribution in [3.63, 3.8) is 0 Å². The lowest BCUT2D eigenvalue weighted by molar-refractivity contribution is -0.122. The molecule has 21 heavy (non-hydrogen) atoms. The highest BCUT2D eigenvalue weighted by Gasteiger charge is 2.24. The molecule has 1 aromatic carbocycles. The van der Waals surface area contributed by atoms with E-state index in [-0.39, 0.29) is 11.8 Å². The number of rotatable bonds is 7. The van der Waals surface area contributed by atoms with Crippen LogP contribution in [0.4, 0.5) is 0 Å². The zero-order valence-corrected chi connectivity index (χ0v) is 13.2. The summed E-state index contributed by atoms with van der Waals surface area (Å²) in [5.41, 5.74) is 1.27. The monoisotopic (exact) mass is 290 g/mol. The number of benzene rings is 1. The lowest BCUT2D eigenvalue weighted by Crippen LogP contribution is -2.29. The molecule has 1 aliphatic heterocycles. The van der Waals surface area contributed by atoms with Gasteiger partial charge in [0.1, 0.15) is 5.75 Å². The van der Waals surface area contributed by atoms with Gasteiger partial charge in [-0.2, -0.15) is 0 Å². The average Bonchev–Trinajstić information content (AvgIpc) is 2.89. The molecule has 0 radical (unpaired) electrons. The Labute approximate surface area is 127 Å². The highest BCUT2D eigenvalue weighted by molar-refractivity contribution is 5.80. The van der Waals surface area contributed by atoms with Crippen LogP contribution in [0.15, 0.2) is 24.3 Å². The predicted molar refractivity (Wildman–Crippen MR) is 84.3 cm³/mol. The predicted octanol–water partition coefficient (Wildman–Crippen LogP) is 2.51. The van der Waals surface area contributed by atoms with Gasteiger partial charge in [0, 0.05) is 18.5 Å². The fourth-order valence-electron chi connectivity index (χ4n) is 2.88. The van der Waals surface area contributed by atoms with Gasteiger partial charge in [-0.3, -0.25) is 4.79 Å². The van der Waals surface area contributed by atoms with E-state index in [1.165, 1.54) is 5.56 Å². The van der Waals surface area contributed by atoms with Crippen molar-refractivity contribution >= 4 is 5.91 Å². The minimum absolute atomic E-state index is 0.182. The van der Waals surface area contributed by atoms with Gasteiger partial charge in [-0.05, 0) is 43.0 Å². The summed E-state index contributed by atoms with van der Waals surface area (Å²) < 4.78 is 5.21. The number of amides is 1. The van der Waals surface area contributed by atoms with Crippen LogP contribution in [0.5, 0.6) is 5.75 Å². The number of ether oxygens (including phenoxy) is 1. The first kappa shape index (κ1) is 15.8. The van der Waals surface area contributed by atoms with Crippen molar-refractivity contribution in [3.05, 3.63) is 29.8 Å². The molecule has 2 N–H and O–H groups in total. The van der Waals surface area contributed by atoms with Crippen molar-refractivity contribution in [3.8, 4) is 5.75 Å². The molecule has 2 unspecified atom stereocenters. The van der Waals surface area contributed by atoms with Crippen LogP contribution in [0.2, 0.25) is 0 Å². The molecular weight excluding hydrogens is 264 g/mol. The quantitative estimate of drug-likeness (QED) is 0.811. The van der Waals surface area contributed by atoms with Crippen molar-refractivity contribution in [2.75, 3.05) is 20.2 Å². The molecule has 1 aliphatic rings. The van der Waals surface area contributed by atoms with Gasteiger partial charge in [-0.1, -0.05) is 26.0 Å². The topological polar surface area (TPSA) is 50.4 Å². The smallest absolute Gasteiger partial charge is 0.223 e. The van der Waals surface area contributed by atoms with Gasteiger partial charge in [0.2, 0.25) is 5.91 Å². The number of hydrogen-bond acceptors (Lipinski definition) is 3. The highest BCUT2D eigenvalue weighted by atomic mass is 16.5. The molecule has 1 heterocycles. The third kappa shape index (κ3) is 4.21. The Morgan fingerprint density at radius 3 is 2.57 bits per heavy atom. The van der Waals surface area contributed by atoms with Gasteiger partial charge in [0.15, 0.2) is 0 Å². The zero-order valence-electron chi connectivity index (χ0n) is 13.2. The van der Waals surface area contributed by atoms with Crippen molar-refractivity contribution in [1.29, 1.82) is 0 Å². The van der Waals surface area contributed by atoms with E-state index in [0.29, 0.717) is 12.0 Å². The Balaban J connectivity index is 1.90. The van der Waals surface area contributed by atoms with Gasteiger partial charge in [-0.15, -0.1) is 0 Å². The summed E-state index contributed by atoms with van der Waals surface area (Å²) in [6, 6.07) is 8.52. The fraction of sp³-hybridized carbons (Fsp3) is 0.588.